The van der Waals surface area contributed by atoms with Gasteiger partial charge in [0.05, 0.1) is 16.8 Å². The van der Waals surface area contributed by atoms with E-state index in [1.165, 1.54) is 36.5 Å². The van der Waals surface area contributed by atoms with Crippen molar-refractivity contribution in [1.29, 1.82) is 0 Å². The Hall–Kier alpha value is -3.42. The Morgan fingerprint density at radius 3 is 2.22 bits per heavy atom. The first-order chi connectivity index (χ1) is 12.8. The summed E-state index contributed by atoms with van der Waals surface area (Å²) in [5.74, 6) is -0.630. The van der Waals surface area contributed by atoms with E-state index in [1.807, 2.05) is 0 Å². The van der Waals surface area contributed by atoms with Crippen LogP contribution in [-0.2, 0) is 6.18 Å². The monoisotopic (exact) mass is 375 g/mol. The number of rotatable bonds is 4. The number of halogens is 4. The molecule has 2 N–H and O–H groups in total. The first-order valence-corrected chi connectivity index (χ1v) is 7.79. The molecule has 0 spiro atoms. The molecule has 0 radical (unpaired) electrons. The molecule has 4 nitrogen and oxygen atoms in total. The second kappa shape index (κ2) is 7.45. The van der Waals surface area contributed by atoms with Gasteiger partial charge in [0, 0.05) is 11.9 Å². The Bertz CT molecular complexity index is 938. The molecule has 27 heavy (non-hydrogen) atoms. The van der Waals surface area contributed by atoms with Gasteiger partial charge in [0.25, 0.3) is 5.91 Å². The maximum Gasteiger partial charge on any atom is 0.416 e. The number of carbonyl (C=O) groups is 1. The van der Waals surface area contributed by atoms with Crippen molar-refractivity contribution in [2.45, 2.75) is 6.18 Å². The van der Waals surface area contributed by atoms with E-state index in [1.54, 1.807) is 18.2 Å². The number of benzene rings is 2. The highest BCUT2D eigenvalue weighted by atomic mass is 19.4. The van der Waals surface area contributed by atoms with Crippen molar-refractivity contribution < 1.29 is 22.4 Å². The maximum atomic E-state index is 13.6. The third-order valence-corrected chi connectivity index (χ3v) is 3.63. The summed E-state index contributed by atoms with van der Waals surface area (Å²) >= 11 is 0. The Kier molecular flexibility index (Phi) is 5.07. The molecule has 1 heterocycles. The Morgan fingerprint density at radius 1 is 0.926 bits per heavy atom. The topological polar surface area (TPSA) is 54.0 Å². The van der Waals surface area contributed by atoms with E-state index in [9.17, 15) is 22.4 Å². The fourth-order valence-corrected chi connectivity index (χ4v) is 2.25. The lowest BCUT2D eigenvalue weighted by molar-refractivity contribution is -0.137. The van der Waals surface area contributed by atoms with Gasteiger partial charge in [-0.1, -0.05) is 12.1 Å². The molecular weight excluding hydrogens is 362 g/mol. The highest BCUT2D eigenvalue weighted by Gasteiger charge is 2.30. The van der Waals surface area contributed by atoms with Crippen LogP contribution in [0.2, 0.25) is 0 Å². The molecule has 0 atom stereocenters. The third kappa shape index (κ3) is 4.60. The van der Waals surface area contributed by atoms with E-state index in [-0.39, 0.29) is 16.9 Å². The summed E-state index contributed by atoms with van der Waals surface area (Å²) in [5.41, 5.74) is -0.131. The number of hydrogen-bond acceptors (Lipinski definition) is 3. The van der Waals surface area contributed by atoms with E-state index < -0.39 is 23.5 Å². The molecule has 3 rings (SSSR count). The molecule has 0 aliphatic heterocycles. The van der Waals surface area contributed by atoms with Crippen molar-refractivity contribution >= 4 is 23.1 Å². The zero-order chi connectivity index (χ0) is 19.4. The second-order valence-corrected chi connectivity index (χ2v) is 5.57. The van der Waals surface area contributed by atoms with Gasteiger partial charge in [-0.3, -0.25) is 4.79 Å². The van der Waals surface area contributed by atoms with E-state index >= 15 is 0 Å². The maximum absolute atomic E-state index is 13.6. The standard InChI is InChI=1S/C19H13F4N3O/c20-15-3-1-2-4-16(15)26-17-10-5-12(11-24-17)18(27)25-14-8-6-13(7-9-14)19(21,22)23/h1-11H,(H,24,26)(H,25,27). The third-order valence-electron chi connectivity index (χ3n) is 3.63. The van der Waals surface area contributed by atoms with Crippen LogP contribution in [0.5, 0.6) is 0 Å². The minimum atomic E-state index is -4.44. The van der Waals surface area contributed by atoms with Crippen molar-refractivity contribution in [1.82, 2.24) is 4.98 Å². The van der Waals surface area contributed by atoms with Crippen LogP contribution in [0.1, 0.15) is 15.9 Å². The smallest absolute Gasteiger partial charge is 0.338 e. The molecule has 1 aromatic heterocycles. The van der Waals surface area contributed by atoms with E-state index in [0.29, 0.717) is 5.82 Å². The van der Waals surface area contributed by atoms with Crippen molar-refractivity contribution in [3.63, 3.8) is 0 Å². The van der Waals surface area contributed by atoms with Gasteiger partial charge in [-0.25, -0.2) is 9.37 Å². The fourth-order valence-electron chi connectivity index (χ4n) is 2.25. The molecule has 0 unspecified atom stereocenters. The Labute approximate surface area is 151 Å². The van der Waals surface area contributed by atoms with Gasteiger partial charge in [-0.05, 0) is 48.5 Å². The number of nitrogens with one attached hydrogen (secondary N) is 2. The normalized spacial score (nSPS) is 11.1. The highest BCUT2D eigenvalue weighted by Crippen LogP contribution is 2.29. The zero-order valence-corrected chi connectivity index (χ0v) is 13.7. The lowest BCUT2D eigenvalue weighted by Gasteiger charge is -2.09. The number of carbonyl (C=O) groups excluding carboxylic acids is 1. The molecule has 1 amide bonds. The molecule has 8 heteroatoms. The molecule has 0 saturated heterocycles. The summed E-state index contributed by atoms with van der Waals surface area (Å²) in [7, 11) is 0. The number of hydrogen-bond donors (Lipinski definition) is 2. The Balaban J connectivity index is 1.66. The summed E-state index contributed by atoms with van der Waals surface area (Å²) in [6, 6.07) is 13.1. The number of para-hydroxylation sites is 1. The van der Waals surface area contributed by atoms with E-state index in [4.69, 9.17) is 0 Å². The molecule has 3 aromatic rings. The summed E-state index contributed by atoms with van der Waals surface area (Å²) in [6.45, 7) is 0. The van der Waals surface area contributed by atoms with Crippen molar-refractivity contribution in [3.05, 3.63) is 83.8 Å². The second-order valence-electron chi connectivity index (χ2n) is 5.57. The average Bonchev–Trinajstić information content (AvgIpc) is 2.64. The van der Waals surface area contributed by atoms with Gasteiger partial charge in [0.15, 0.2) is 0 Å². The lowest BCUT2D eigenvalue weighted by Crippen LogP contribution is -2.13. The largest absolute Gasteiger partial charge is 0.416 e. The summed E-state index contributed by atoms with van der Waals surface area (Å²) in [6.07, 6.45) is -3.16. The number of aromatic nitrogens is 1. The average molecular weight is 375 g/mol. The van der Waals surface area contributed by atoms with Crippen molar-refractivity contribution in [2.24, 2.45) is 0 Å². The zero-order valence-electron chi connectivity index (χ0n) is 13.7. The quantitative estimate of drug-likeness (QED) is 0.614. The summed E-state index contributed by atoms with van der Waals surface area (Å²) < 4.78 is 51.2. The predicted molar refractivity (Wildman–Crippen MR) is 93.3 cm³/mol. The number of pyridine rings is 1. The Morgan fingerprint density at radius 2 is 1.63 bits per heavy atom. The molecule has 0 fully saturated rings. The summed E-state index contributed by atoms with van der Waals surface area (Å²) in [5, 5.41) is 5.27. The fraction of sp³-hybridized carbons (Fsp3) is 0.0526. The first kappa shape index (κ1) is 18.4. The van der Waals surface area contributed by atoms with Gasteiger partial charge in [0.1, 0.15) is 11.6 Å². The van der Waals surface area contributed by atoms with Gasteiger partial charge in [-0.15, -0.1) is 0 Å². The number of nitrogens with zero attached hydrogens (tertiary/aromatic N) is 1. The van der Waals surface area contributed by atoms with Gasteiger partial charge in [0.2, 0.25) is 0 Å². The first-order valence-electron chi connectivity index (χ1n) is 7.79. The minimum Gasteiger partial charge on any atom is -0.338 e. The number of alkyl halides is 3. The minimum absolute atomic E-state index is 0.203. The molecule has 0 aliphatic rings. The molecule has 0 bridgehead atoms. The lowest BCUT2D eigenvalue weighted by atomic mass is 10.2. The summed E-state index contributed by atoms with van der Waals surface area (Å²) in [4.78, 5) is 16.2. The van der Waals surface area contributed by atoms with Crippen LogP contribution in [-0.4, -0.2) is 10.9 Å². The van der Waals surface area contributed by atoms with Crippen molar-refractivity contribution in [3.8, 4) is 0 Å². The van der Waals surface area contributed by atoms with Gasteiger partial charge >= 0.3 is 6.18 Å². The van der Waals surface area contributed by atoms with Crippen LogP contribution in [0.15, 0.2) is 66.9 Å². The van der Waals surface area contributed by atoms with E-state index in [2.05, 4.69) is 15.6 Å². The van der Waals surface area contributed by atoms with Crippen LogP contribution in [0.4, 0.5) is 34.8 Å². The molecular formula is C19H13F4N3O. The SMILES string of the molecule is O=C(Nc1ccc(C(F)(F)F)cc1)c1ccc(Nc2ccccc2F)nc1. The van der Waals surface area contributed by atoms with Crippen LogP contribution >= 0.6 is 0 Å². The van der Waals surface area contributed by atoms with E-state index in [0.717, 1.165) is 12.1 Å². The molecule has 138 valence electrons. The number of anilines is 3. The van der Waals surface area contributed by atoms with Crippen LogP contribution in [0, 0.1) is 5.82 Å². The highest BCUT2D eigenvalue weighted by molar-refractivity contribution is 6.04. The predicted octanol–water partition coefficient (Wildman–Crippen LogP) is 5.24. The molecule has 2 aromatic carbocycles. The molecule has 0 aliphatic carbocycles. The van der Waals surface area contributed by atoms with Crippen LogP contribution in [0.25, 0.3) is 0 Å². The van der Waals surface area contributed by atoms with Crippen LogP contribution in [0.3, 0.4) is 0 Å². The van der Waals surface area contributed by atoms with Gasteiger partial charge < -0.3 is 10.6 Å². The van der Waals surface area contributed by atoms with Gasteiger partial charge in [-0.2, -0.15) is 13.2 Å². The van der Waals surface area contributed by atoms with Crippen molar-refractivity contribution in [2.75, 3.05) is 10.6 Å². The molecule has 0 saturated carbocycles. The number of amides is 1. The van der Waals surface area contributed by atoms with Crippen LogP contribution < -0.4 is 10.6 Å².